The molecule has 0 heterocycles. The summed E-state index contributed by atoms with van der Waals surface area (Å²) < 4.78 is 0. The van der Waals surface area contributed by atoms with Crippen LogP contribution >= 0.6 is 0 Å². The molecule has 1 rings (SSSR count). The molecule has 1 amide bonds. The Morgan fingerprint density at radius 2 is 1.94 bits per heavy atom. The van der Waals surface area contributed by atoms with Gasteiger partial charge in [0.1, 0.15) is 0 Å². The number of nitrogens with zero attached hydrogens (tertiary/aromatic N) is 1. The standard InChI is InChI=1S/C15H29NO/c1-4-13(2)16(3)15(17)12-8-11-14-9-6-5-7-10-14/h13-14H,4-12H2,1-3H3. The third-order valence-corrected chi connectivity index (χ3v) is 4.37. The van der Waals surface area contributed by atoms with Crippen molar-refractivity contribution in [3.8, 4) is 0 Å². The van der Waals surface area contributed by atoms with Crippen molar-refractivity contribution in [3.63, 3.8) is 0 Å². The summed E-state index contributed by atoms with van der Waals surface area (Å²) in [5, 5.41) is 0. The molecule has 0 radical (unpaired) electrons. The summed E-state index contributed by atoms with van der Waals surface area (Å²) in [5.41, 5.74) is 0. The van der Waals surface area contributed by atoms with Crippen molar-refractivity contribution in [3.05, 3.63) is 0 Å². The molecule has 1 aliphatic carbocycles. The van der Waals surface area contributed by atoms with Gasteiger partial charge in [0.15, 0.2) is 0 Å². The molecule has 0 N–H and O–H groups in total. The Bertz CT molecular complexity index is 221. The van der Waals surface area contributed by atoms with Gasteiger partial charge in [-0.25, -0.2) is 0 Å². The van der Waals surface area contributed by atoms with E-state index in [1.165, 1.54) is 38.5 Å². The smallest absolute Gasteiger partial charge is 0.222 e. The minimum Gasteiger partial charge on any atom is -0.343 e. The monoisotopic (exact) mass is 239 g/mol. The summed E-state index contributed by atoms with van der Waals surface area (Å²) in [6.07, 6.45) is 11.2. The lowest BCUT2D eigenvalue weighted by Crippen LogP contribution is -2.34. The van der Waals surface area contributed by atoms with Gasteiger partial charge in [0.2, 0.25) is 5.91 Å². The Hall–Kier alpha value is -0.530. The Morgan fingerprint density at radius 1 is 1.29 bits per heavy atom. The van der Waals surface area contributed by atoms with E-state index in [0.717, 1.165) is 25.2 Å². The third kappa shape index (κ3) is 5.10. The molecule has 0 spiro atoms. The summed E-state index contributed by atoms with van der Waals surface area (Å²) in [4.78, 5) is 13.8. The SMILES string of the molecule is CCC(C)N(C)C(=O)CCCC1CCCCC1. The van der Waals surface area contributed by atoms with E-state index >= 15 is 0 Å². The fourth-order valence-corrected chi connectivity index (χ4v) is 2.71. The van der Waals surface area contributed by atoms with Crippen molar-refractivity contribution in [1.29, 1.82) is 0 Å². The van der Waals surface area contributed by atoms with E-state index in [9.17, 15) is 4.79 Å². The van der Waals surface area contributed by atoms with Gasteiger partial charge in [0.25, 0.3) is 0 Å². The van der Waals surface area contributed by atoms with Gasteiger partial charge in [-0.2, -0.15) is 0 Å². The van der Waals surface area contributed by atoms with Crippen LogP contribution in [0.4, 0.5) is 0 Å². The minimum absolute atomic E-state index is 0.329. The molecule has 1 unspecified atom stereocenters. The number of rotatable bonds is 6. The fraction of sp³-hybridized carbons (Fsp3) is 0.933. The summed E-state index contributed by atoms with van der Waals surface area (Å²) in [6.45, 7) is 4.26. The predicted molar refractivity (Wildman–Crippen MR) is 72.9 cm³/mol. The molecule has 1 fully saturated rings. The highest BCUT2D eigenvalue weighted by Crippen LogP contribution is 2.27. The van der Waals surface area contributed by atoms with Crippen LogP contribution in [0.5, 0.6) is 0 Å². The Kier molecular flexibility index (Phi) is 6.61. The van der Waals surface area contributed by atoms with Gasteiger partial charge in [0, 0.05) is 19.5 Å². The van der Waals surface area contributed by atoms with E-state index in [4.69, 9.17) is 0 Å². The molecule has 1 saturated carbocycles. The normalized spacial score (nSPS) is 19.0. The summed E-state index contributed by atoms with van der Waals surface area (Å²) in [6, 6.07) is 0.386. The minimum atomic E-state index is 0.329. The number of carbonyl (C=O) groups excluding carboxylic acids is 1. The van der Waals surface area contributed by atoms with Crippen molar-refractivity contribution in [2.45, 2.75) is 77.7 Å². The van der Waals surface area contributed by atoms with Crippen LogP contribution in [0, 0.1) is 5.92 Å². The van der Waals surface area contributed by atoms with Crippen molar-refractivity contribution in [2.24, 2.45) is 5.92 Å². The summed E-state index contributed by atoms with van der Waals surface area (Å²) >= 11 is 0. The van der Waals surface area contributed by atoms with Gasteiger partial charge in [-0.15, -0.1) is 0 Å². The summed E-state index contributed by atoms with van der Waals surface area (Å²) in [5.74, 6) is 1.24. The molecular weight excluding hydrogens is 210 g/mol. The van der Waals surface area contributed by atoms with E-state index in [2.05, 4.69) is 13.8 Å². The van der Waals surface area contributed by atoms with Gasteiger partial charge in [-0.3, -0.25) is 4.79 Å². The molecule has 0 aromatic rings. The predicted octanol–water partition coefficient (Wildman–Crippen LogP) is 3.99. The zero-order valence-electron chi connectivity index (χ0n) is 11.9. The molecule has 2 nitrogen and oxygen atoms in total. The average Bonchev–Trinajstić information content (AvgIpc) is 2.38. The summed E-state index contributed by atoms with van der Waals surface area (Å²) in [7, 11) is 1.94. The first-order valence-corrected chi connectivity index (χ1v) is 7.40. The maximum Gasteiger partial charge on any atom is 0.222 e. The second-order valence-electron chi connectivity index (χ2n) is 5.66. The van der Waals surface area contributed by atoms with Crippen molar-refractivity contribution in [2.75, 3.05) is 7.05 Å². The second kappa shape index (κ2) is 7.73. The molecule has 2 heteroatoms. The van der Waals surface area contributed by atoms with Crippen LogP contribution in [0.15, 0.2) is 0 Å². The zero-order valence-corrected chi connectivity index (χ0v) is 11.9. The highest BCUT2D eigenvalue weighted by molar-refractivity contribution is 5.76. The van der Waals surface area contributed by atoms with Gasteiger partial charge in [-0.05, 0) is 32.1 Å². The molecule has 0 aromatic heterocycles. The Balaban J connectivity index is 2.14. The lowest BCUT2D eigenvalue weighted by molar-refractivity contribution is -0.131. The second-order valence-corrected chi connectivity index (χ2v) is 5.66. The van der Waals surface area contributed by atoms with E-state index in [0.29, 0.717) is 11.9 Å². The first-order valence-electron chi connectivity index (χ1n) is 7.40. The van der Waals surface area contributed by atoms with Crippen LogP contribution in [-0.2, 0) is 4.79 Å². The first kappa shape index (κ1) is 14.5. The van der Waals surface area contributed by atoms with Crippen molar-refractivity contribution in [1.82, 2.24) is 4.90 Å². The lowest BCUT2D eigenvalue weighted by atomic mass is 9.86. The molecular formula is C15H29NO. The van der Waals surface area contributed by atoms with Crippen LogP contribution in [0.1, 0.15) is 71.6 Å². The van der Waals surface area contributed by atoms with E-state index < -0.39 is 0 Å². The van der Waals surface area contributed by atoms with Crippen molar-refractivity contribution < 1.29 is 4.79 Å². The zero-order chi connectivity index (χ0) is 12.7. The largest absolute Gasteiger partial charge is 0.343 e. The number of amides is 1. The Morgan fingerprint density at radius 3 is 2.53 bits per heavy atom. The lowest BCUT2D eigenvalue weighted by Gasteiger charge is -2.25. The van der Waals surface area contributed by atoms with E-state index in [1.807, 2.05) is 11.9 Å². The van der Waals surface area contributed by atoms with Crippen LogP contribution in [0.25, 0.3) is 0 Å². The molecule has 100 valence electrons. The molecule has 17 heavy (non-hydrogen) atoms. The van der Waals surface area contributed by atoms with E-state index in [1.54, 1.807) is 0 Å². The molecule has 0 aliphatic heterocycles. The Labute approximate surface area is 107 Å². The average molecular weight is 239 g/mol. The quantitative estimate of drug-likeness (QED) is 0.686. The maximum atomic E-state index is 11.9. The fourth-order valence-electron chi connectivity index (χ4n) is 2.71. The number of hydrogen-bond donors (Lipinski definition) is 0. The van der Waals surface area contributed by atoms with Crippen LogP contribution in [0.3, 0.4) is 0 Å². The first-order chi connectivity index (χ1) is 8.15. The highest BCUT2D eigenvalue weighted by atomic mass is 16.2. The molecule has 1 aliphatic rings. The van der Waals surface area contributed by atoms with E-state index in [-0.39, 0.29) is 0 Å². The van der Waals surface area contributed by atoms with Gasteiger partial charge in [-0.1, -0.05) is 39.0 Å². The van der Waals surface area contributed by atoms with Gasteiger partial charge in [0.05, 0.1) is 0 Å². The molecule has 1 atom stereocenters. The number of carbonyl (C=O) groups is 1. The maximum absolute atomic E-state index is 11.9. The van der Waals surface area contributed by atoms with Crippen molar-refractivity contribution >= 4 is 5.91 Å². The highest BCUT2D eigenvalue weighted by Gasteiger charge is 2.16. The topological polar surface area (TPSA) is 20.3 Å². The molecule has 0 bridgehead atoms. The van der Waals surface area contributed by atoms with Gasteiger partial charge >= 0.3 is 0 Å². The molecule has 0 saturated heterocycles. The van der Waals surface area contributed by atoms with Gasteiger partial charge < -0.3 is 4.90 Å². The third-order valence-electron chi connectivity index (χ3n) is 4.37. The number of hydrogen-bond acceptors (Lipinski definition) is 1. The van der Waals surface area contributed by atoms with Crippen LogP contribution in [-0.4, -0.2) is 23.9 Å². The molecule has 0 aromatic carbocycles. The van der Waals surface area contributed by atoms with Crippen LogP contribution < -0.4 is 0 Å². The van der Waals surface area contributed by atoms with Crippen LogP contribution in [0.2, 0.25) is 0 Å².